The highest BCUT2D eigenvalue weighted by atomic mass is 16.1. The third-order valence-electron chi connectivity index (χ3n) is 2.68. The van der Waals surface area contributed by atoms with Crippen LogP contribution in [0.1, 0.15) is 36.6 Å². The lowest BCUT2D eigenvalue weighted by Gasteiger charge is -2.09. The molecule has 0 radical (unpaired) electrons. The number of pyridine rings is 1. The molecule has 1 aromatic rings. The molecular weight excluding hydrogens is 200 g/mol. The number of hydrogen-bond donors (Lipinski definition) is 1. The lowest BCUT2D eigenvalue weighted by Crippen LogP contribution is -2.25. The van der Waals surface area contributed by atoms with Crippen LogP contribution in [0.15, 0.2) is 12.3 Å². The van der Waals surface area contributed by atoms with E-state index in [-0.39, 0.29) is 5.91 Å². The second-order valence-corrected chi connectivity index (χ2v) is 4.04. The van der Waals surface area contributed by atoms with E-state index in [1.54, 1.807) is 0 Å². The van der Waals surface area contributed by atoms with E-state index < -0.39 is 0 Å². The Bertz CT molecular complexity index is 341. The minimum atomic E-state index is 0.140. The molecule has 16 heavy (non-hydrogen) atoms. The van der Waals surface area contributed by atoms with Gasteiger partial charge in [0.05, 0.1) is 0 Å². The maximum atomic E-state index is 11.3. The van der Waals surface area contributed by atoms with Crippen LogP contribution in [-0.4, -0.2) is 17.4 Å². The van der Waals surface area contributed by atoms with Crippen LogP contribution in [0.2, 0.25) is 0 Å². The molecule has 3 heteroatoms. The van der Waals surface area contributed by atoms with Gasteiger partial charge >= 0.3 is 0 Å². The molecule has 1 aromatic heterocycles. The summed E-state index contributed by atoms with van der Waals surface area (Å²) in [6, 6.07) is 2.01. The van der Waals surface area contributed by atoms with E-state index in [1.807, 2.05) is 26.1 Å². The highest BCUT2D eigenvalue weighted by molar-refractivity contribution is 5.75. The SMILES string of the molecule is CCCC(=O)NCCc1c(C)ccnc1C. The van der Waals surface area contributed by atoms with E-state index >= 15 is 0 Å². The molecule has 0 aliphatic carbocycles. The molecule has 0 saturated heterocycles. The van der Waals surface area contributed by atoms with E-state index in [0.29, 0.717) is 13.0 Å². The summed E-state index contributed by atoms with van der Waals surface area (Å²) in [5, 5.41) is 2.92. The van der Waals surface area contributed by atoms with Gasteiger partial charge in [-0.2, -0.15) is 0 Å². The molecule has 3 nitrogen and oxygen atoms in total. The van der Waals surface area contributed by atoms with Crippen molar-refractivity contribution < 1.29 is 4.79 Å². The first kappa shape index (κ1) is 12.7. The van der Waals surface area contributed by atoms with E-state index in [9.17, 15) is 4.79 Å². The van der Waals surface area contributed by atoms with Crippen molar-refractivity contribution in [2.45, 2.75) is 40.0 Å². The summed E-state index contributed by atoms with van der Waals surface area (Å²) in [6.07, 6.45) is 4.20. The molecule has 0 bridgehead atoms. The summed E-state index contributed by atoms with van der Waals surface area (Å²) in [7, 11) is 0. The Morgan fingerprint density at radius 1 is 1.44 bits per heavy atom. The van der Waals surface area contributed by atoms with Crippen LogP contribution in [0, 0.1) is 13.8 Å². The maximum absolute atomic E-state index is 11.3. The molecule has 0 aromatic carbocycles. The van der Waals surface area contributed by atoms with Crippen LogP contribution in [-0.2, 0) is 11.2 Å². The zero-order valence-corrected chi connectivity index (χ0v) is 10.3. The van der Waals surface area contributed by atoms with E-state index in [4.69, 9.17) is 0 Å². The average molecular weight is 220 g/mol. The summed E-state index contributed by atoms with van der Waals surface area (Å²) in [5.41, 5.74) is 3.56. The van der Waals surface area contributed by atoms with Crippen LogP contribution in [0.4, 0.5) is 0 Å². The van der Waals surface area contributed by atoms with Crippen LogP contribution in [0.3, 0.4) is 0 Å². The highest BCUT2D eigenvalue weighted by Gasteiger charge is 2.04. The largest absolute Gasteiger partial charge is 0.356 e. The number of nitrogens with zero attached hydrogens (tertiary/aromatic N) is 1. The smallest absolute Gasteiger partial charge is 0.219 e. The summed E-state index contributed by atoms with van der Waals surface area (Å²) in [6.45, 7) is 6.80. The Kier molecular flexibility index (Phi) is 4.96. The topological polar surface area (TPSA) is 42.0 Å². The molecule has 1 rings (SSSR count). The fraction of sp³-hybridized carbons (Fsp3) is 0.538. The molecule has 0 aliphatic rings. The molecule has 1 heterocycles. The highest BCUT2D eigenvalue weighted by Crippen LogP contribution is 2.10. The second-order valence-electron chi connectivity index (χ2n) is 4.04. The van der Waals surface area contributed by atoms with Crippen LogP contribution in [0.25, 0.3) is 0 Å². The van der Waals surface area contributed by atoms with Crippen molar-refractivity contribution in [3.8, 4) is 0 Å². The van der Waals surface area contributed by atoms with E-state index in [2.05, 4.69) is 17.2 Å². The maximum Gasteiger partial charge on any atom is 0.219 e. The quantitative estimate of drug-likeness (QED) is 0.826. The minimum absolute atomic E-state index is 0.140. The normalized spacial score (nSPS) is 10.2. The average Bonchev–Trinajstić information content (AvgIpc) is 2.23. The molecule has 88 valence electrons. The van der Waals surface area contributed by atoms with Crippen LogP contribution in [0.5, 0.6) is 0 Å². The van der Waals surface area contributed by atoms with Crippen LogP contribution >= 0.6 is 0 Å². The molecule has 0 spiro atoms. The summed E-state index contributed by atoms with van der Waals surface area (Å²) >= 11 is 0. The Morgan fingerprint density at radius 3 is 2.81 bits per heavy atom. The number of aryl methyl sites for hydroxylation is 2. The summed E-state index contributed by atoms with van der Waals surface area (Å²) in [5.74, 6) is 0.140. The predicted octanol–water partition coefficient (Wildman–Crippen LogP) is 2.16. The van der Waals surface area contributed by atoms with Gasteiger partial charge in [-0.25, -0.2) is 0 Å². The zero-order valence-electron chi connectivity index (χ0n) is 10.3. The number of carbonyl (C=O) groups excluding carboxylic acids is 1. The van der Waals surface area contributed by atoms with Gasteiger partial charge in [0.25, 0.3) is 0 Å². The summed E-state index contributed by atoms with van der Waals surface area (Å²) < 4.78 is 0. The number of carbonyl (C=O) groups is 1. The molecule has 0 saturated carbocycles. The summed E-state index contributed by atoms with van der Waals surface area (Å²) in [4.78, 5) is 15.5. The van der Waals surface area contributed by atoms with Gasteiger partial charge in [-0.15, -0.1) is 0 Å². The molecular formula is C13H20N2O. The molecule has 0 aliphatic heterocycles. The first-order chi connectivity index (χ1) is 7.65. The van der Waals surface area contributed by atoms with Crippen molar-refractivity contribution in [1.29, 1.82) is 0 Å². The fourth-order valence-electron chi connectivity index (χ4n) is 1.75. The number of amides is 1. The Labute approximate surface area is 97.3 Å². The van der Waals surface area contributed by atoms with Crippen molar-refractivity contribution in [1.82, 2.24) is 10.3 Å². The van der Waals surface area contributed by atoms with Crippen molar-refractivity contribution in [2.75, 3.05) is 6.54 Å². The zero-order chi connectivity index (χ0) is 12.0. The number of rotatable bonds is 5. The second kappa shape index (κ2) is 6.26. The Hall–Kier alpha value is -1.38. The molecule has 1 amide bonds. The van der Waals surface area contributed by atoms with Gasteiger partial charge in [0.15, 0.2) is 0 Å². The fourth-order valence-corrected chi connectivity index (χ4v) is 1.75. The van der Waals surface area contributed by atoms with E-state index in [0.717, 1.165) is 18.5 Å². The Morgan fingerprint density at radius 2 is 2.19 bits per heavy atom. The molecule has 0 fully saturated rings. The first-order valence-electron chi connectivity index (χ1n) is 5.83. The monoisotopic (exact) mass is 220 g/mol. The van der Waals surface area contributed by atoms with E-state index in [1.165, 1.54) is 11.1 Å². The van der Waals surface area contributed by atoms with Crippen molar-refractivity contribution in [3.63, 3.8) is 0 Å². The number of aromatic nitrogens is 1. The van der Waals surface area contributed by atoms with Gasteiger partial charge in [-0.05, 0) is 43.9 Å². The van der Waals surface area contributed by atoms with Gasteiger partial charge in [-0.1, -0.05) is 6.92 Å². The van der Waals surface area contributed by atoms with Crippen molar-refractivity contribution >= 4 is 5.91 Å². The van der Waals surface area contributed by atoms with Gasteiger partial charge in [0, 0.05) is 24.9 Å². The van der Waals surface area contributed by atoms with Gasteiger partial charge in [0.2, 0.25) is 5.91 Å². The molecule has 1 N–H and O–H groups in total. The Balaban J connectivity index is 2.46. The predicted molar refractivity (Wildman–Crippen MR) is 65.3 cm³/mol. The van der Waals surface area contributed by atoms with Crippen LogP contribution < -0.4 is 5.32 Å². The minimum Gasteiger partial charge on any atom is -0.356 e. The van der Waals surface area contributed by atoms with Gasteiger partial charge in [-0.3, -0.25) is 9.78 Å². The number of hydrogen-bond acceptors (Lipinski definition) is 2. The van der Waals surface area contributed by atoms with Gasteiger partial charge < -0.3 is 5.32 Å². The first-order valence-corrected chi connectivity index (χ1v) is 5.83. The third kappa shape index (κ3) is 3.65. The molecule has 0 atom stereocenters. The molecule has 0 unspecified atom stereocenters. The standard InChI is InChI=1S/C13H20N2O/c1-4-5-13(16)15-9-7-12-10(2)6-8-14-11(12)3/h6,8H,4-5,7,9H2,1-3H3,(H,15,16). The number of nitrogens with one attached hydrogen (secondary N) is 1. The lowest BCUT2D eigenvalue weighted by atomic mass is 10.1. The van der Waals surface area contributed by atoms with Gasteiger partial charge in [0.1, 0.15) is 0 Å². The lowest BCUT2D eigenvalue weighted by molar-refractivity contribution is -0.121. The van der Waals surface area contributed by atoms with Crippen molar-refractivity contribution in [2.24, 2.45) is 0 Å². The van der Waals surface area contributed by atoms with Crippen molar-refractivity contribution in [3.05, 3.63) is 29.1 Å². The third-order valence-corrected chi connectivity index (χ3v) is 2.68.